The van der Waals surface area contributed by atoms with Gasteiger partial charge in [0.25, 0.3) is 0 Å². The number of hydrogen-bond donors (Lipinski definition) is 1. The van der Waals surface area contributed by atoms with Crippen LogP contribution in [0.15, 0.2) is 48.8 Å². The molecule has 0 bridgehead atoms. The van der Waals surface area contributed by atoms with E-state index in [4.69, 9.17) is 0 Å². The first-order valence-electron chi connectivity index (χ1n) is 6.12. The van der Waals surface area contributed by atoms with Crippen LogP contribution in [0.25, 0.3) is 6.08 Å². The third-order valence-corrected chi connectivity index (χ3v) is 2.97. The molecule has 0 aliphatic carbocycles. The first-order valence-corrected chi connectivity index (χ1v) is 6.12. The van der Waals surface area contributed by atoms with Crippen molar-refractivity contribution in [2.45, 2.75) is 13.8 Å². The number of benzene rings is 1. The molecule has 0 saturated heterocycles. The fraction of sp³-hybridized carbons (Fsp3) is 0.125. The minimum absolute atomic E-state index is 0.141. The average Bonchev–Trinajstić information content (AvgIpc) is 2.43. The zero-order chi connectivity index (χ0) is 13.7. The largest absolute Gasteiger partial charge is 0.322 e. The molecule has 96 valence electrons. The molecule has 0 aliphatic rings. The summed E-state index contributed by atoms with van der Waals surface area (Å²) in [6.45, 7) is 4.02. The molecule has 0 unspecified atom stereocenters. The van der Waals surface area contributed by atoms with Crippen molar-refractivity contribution in [3.05, 3.63) is 65.5 Å². The van der Waals surface area contributed by atoms with Crippen molar-refractivity contribution in [3.8, 4) is 0 Å². The lowest BCUT2D eigenvalue weighted by molar-refractivity contribution is -0.111. The van der Waals surface area contributed by atoms with Crippen molar-refractivity contribution >= 4 is 17.7 Å². The highest BCUT2D eigenvalue weighted by molar-refractivity contribution is 6.02. The van der Waals surface area contributed by atoms with E-state index >= 15 is 0 Å². The van der Waals surface area contributed by atoms with Gasteiger partial charge in [0.05, 0.1) is 0 Å². The van der Waals surface area contributed by atoms with Gasteiger partial charge in [0, 0.05) is 24.2 Å². The SMILES string of the molecule is Cc1cccc(NC(=O)/C=C/c2cccnc2)c1C. The van der Waals surface area contributed by atoms with Crippen molar-refractivity contribution in [1.82, 2.24) is 4.98 Å². The van der Waals surface area contributed by atoms with Crippen LogP contribution in [-0.2, 0) is 4.79 Å². The van der Waals surface area contributed by atoms with Gasteiger partial charge in [0.2, 0.25) is 5.91 Å². The van der Waals surface area contributed by atoms with Gasteiger partial charge in [-0.3, -0.25) is 9.78 Å². The topological polar surface area (TPSA) is 42.0 Å². The van der Waals surface area contributed by atoms with Crippen LogP contribution in [0.1, 0.15) is 16.7 Å². The van der Waals surface area contributed by atoms with E-state index in [0.29, 0.717) is 0 Å². The molecule has 2 aromatic rings. The summed E-state index contributed by atoms with van der Waals surface area (Å²) in [5.41, 5.74) is 4.00. The molecule has 0 radical (unpaired) electrons. The Morgan fingerprint density at radius 1 is 1.21 bits per heavy atom. The first-order chi connectivity index (χ1) is 9.16. The molecule has 2 rings (SSSR count). The summed E-state index contributed by atoms with van der Waals surface area (Å²) in [6, 6.07) is 9.59. The van der Waals surface area contributed by atoms with Gasteiger partial charge in [-0.15, -0.1) is 0 Å². The second kappa shape index (κ2) is 5.96. The Hall–Kier alpha value is -2.42. The number of aromatic nitrogens is 1. The maximum atomic E-state index is 11.8. The Morgan fingerprint density at radius 2 is 2.05 bits per heavy atom. The van der Waals surface area contributed by atoms with Gasteiger partial charge in [-0.05, 0) is 48.7 Å². The third kappa shape index (κ3) is 3.52. The lowest BCUT2D eigenvalue weighted by Crippen LogP contribution is -2.09. The number of nitrogens with zero attached hydrogens (tertiary/aromatic N) is 1. The quantitative estimate of drug-likeness (QED) is 0.851. The smallest absolute Gasteiger partial charge is 0.248 e. The number of amides is 1. The molecule has 1 aromatic carbocycles. The van der Waals surface area contributed by atoms with Crippen molar-refractivity contribution in [2.24, 2.45) is 0 Å². The number of nitrogens with one attached hydrogen (secondary N) is 1. The van der Waals surface area contributed by atoms with Gasteiger partial charge < -0.3 is 5.32 Å². The third-order valence-electron chi connectivity index (χ3n) is 2.97. The van der Waals surface area contributed by atoms with Crippen LogP contribution in [0.4, 0.5) is 5.69 Å². The molecule has 0 saturated carbocycles. The van der Waals surface area contributed by atoms with Crippen LogP contribution in [-0.4, -0.2) is 10.9 Å². The zero-order valence-electron chi connectivity index (χ0n) is 11.1. The predicted octanol–water partition coefficient (Wildman–Crippen LogP) is 3.35. The summed E-state index contributed by atoms with van der Waals surface area (Å²) in [6.07, 6.45) is 6.67. The Labute approximate surface area is 113 Å². The Bertz CT molecular complexity index is 603. The van der Waals surface area contributed by atoms with Gasteiger partial charge in [0.1, 0.15) is 0 Å². The van der Waals surface area contributed by atoms with Crippen molar-refractivity contribution in [3.63, 3.8) is 0 Å². The molecule has 1 amide bonds. The van der Waals surface area contributed by atoms with Crippen LogP contribution in [0, 0.1) is 13.8 Å². The maximum Gasteiger partial charge on any atom is 0.248 e. The number of aryl methyl sites for hydroxylation is 1. The molecule has 1 N–H and O–H groups in total. The normalized spacial score (nSPS) is 10.6. The van der Waals surface area contributed by atoms with E-state index in [-0.39, 0.29) is 5.91 Å². The van der Waals surface area contributed by atoms with Crippen LogP contribution in [0.5, 0.6) is 0 Å². The molecule has 1 aromatic heterocycles. The van der Waals surface area contributed by atoms with Gasteiger partial charge in [-0.2, -0.15) is 0 Å². The van der Waals surface area contributed by atoms with E-state index < -0.39 is 0 Å². The molecule has 0 fully saturated rings. The second-order valence-electron chi connectivity index (χ2n) is 4.36. The highest BCUT2D eigenvalue weighted by Crippen LogP contribution is 2.17. The van der Waals surface area contributed by atoms with Gasteiger partial charge in [-0.1, -0.05) is 18.2 Å². The first kappa shape index (κ1) is 13.0. The van der Waals surface area contributed by atoms with E-state index in [2.05, 4.69) is 10.3 Å². The van der Waals surface area contributed by atoms with Gasteiger partial charge in [0.15, 0.2) is 0 Å². The molecule has 3 heteroatoms. The lowest BCUT2D eigenvalue weighted by Gasteiger charge is -2.08. The Morgan fingerprint density at radius 3 is 2.79 bits per heavy atom. The van der Waals surface area contributed by atoms with Crippen LogP contribution in [0.2, 0.25) is 0 Å². The van der Waals surface area contributed by atoms with E-state index in [1.165, 1.54) is 6.08 Å². The van der Waals surface area contributed by atoms with E-state index in [0.717, 1.165) is 22.4 Å². The molecule has 0 spiro atoms. The highest BCUT2D eigenvalue weighted by Gasteiger charge is 2.02. The van der Waals surface area contributed by atoms with E-state index in [9.17, 15) is 4.79 Å². The summed E-state index contributed by atoms with van der Waals surface area (Å²) < 4.78 is 0. The molecular formula is C16H16N2O. The summed E-state index contributed by atoms with van der Waals surface area (Å²) in [7, 11) is 0. The predicted molar refractivity (Wildman–Crippen MR) is 77.8 cm³/mol. The maximum absolute atomic E-state index is 11.8. The van der Waals surface area contributed by atoms with Crippen LogP contribution >= 0.6 is 0 Å². The number of hydrogen-bond acceptors (Lipinski definition) is 2. The van der Waals surface area contributed by atoms with E-state index in [1.54, 1.807) is 18.5 Å². The lowest BCUT2D eigenvalue weighted by atomic mass is 10.1. The fourth-order valence-electron chi connectivity index (χ4n) is 1.71. The zero-order valence-corrected chi connectivity index (χ0v) is 11.1. The van der Waals surface area contributed by atoms with Gasteiger partial charge >= 0.3 is 0 Å². The number of rotatable bonds is 3. The highest BCUT2D eigenvalue weighted by atomic mass is 16.1. The minimum Gasteiger partial charge on any atom is -0.322 e. The summed E-state index contributed by atoms with van der Waals surface area (Å²) >= 11 is 0. The Balaban J connectivity index is 2.06. The van der Waals surface area contributed by atoms with Crippen LogP contribution < -0.4 is 5.32 Å². The number of carbonyl (C=O) groups is 1. The number of anilines is 1. The van der Waals surface area contributed by atoms with Crippen molar-refractivity contribution in [1.29, 1.82) is 0 Å². The fourth-order valence-corrected chi connectivity index (χ4v) is 1.71. The molecule has 0 aliphatic heterocycles. The molecule has 0 atom stereocenters. The van der Waals surface area contributed by atoms with Crippen molar-refractivity contribution in [2.75, 3.05) is 5.32 Å². The molecular weight excluding hydrogens is 236 g/mol. The summed E-state index contributed by atoms with van der Waals surface area (Å²) in [4.78, 5) is 15.8. The summed E-state index contributed by atoms with van der Waals surface area (Å²) in [5.74, 6) is -0.141. The summed E-state index contributed by atoms with van der Waals surface area (Å²) in [5, 5.41) is 2.88. The minimum atomic E-state index is -0.141. The standard InChI is InChI=1S/C16H16N2O/c1-12-5-3-7-15(13(12)2)18-16(19)9-8-14-6-4-10-17-11-14/h3-11H,1-2H3,(H,18,19)/b9-8+. The number of pyridine rings is 1. The molecule has 3 nitrogen and oxygen atoms in total. The Kier molecular flexibility index (Phi) is 4.08. The molecule has 19 heavy (non-hydrogen) atoms. The average molecular weight is 252 g/mol. The van der Waals surface area contributed by atoms with Gasteiger partial charge in [-0.25, -0.2) is 0 Å². The number of carbonyl (C=O) groups excluding carboxylic acids is 1. The van der Waals surface area contributed by atoms with E-state index in [1.807, 2.05) is 44.2 Å². The monoisotopic (exact) mass is 252 g/mol. The molecule has 1 heterocycles. The van der Waals surface area contributed by atoms with Crippen LogP contribution in [0.3, 0.4) is 0 Å². The second-order valence-corrected chi connectivity index (χ2v) is 4.36. The van der Waals surface area contributed by atoms with Crippen molar-refractivity contribution < 1.29 is 4.79 Å².